The van der Waals surface area contributed by atoms with Crippen LogP contribution in [-0.2, 0) is 26.0 Å². The zero-order valence-corrected chi connectivity index (χ0v) is 21.1. The molecule has 2 fully saturated rings. The second kappa shape index (κ2) is 9.35. The molecule has 2 aromatic rings. The average molecular weight is 497 g/mol. The normalized spacial score (nSPS) is 21.4. The zero-order valence-electron chi connectivity index (χ0n) is 20.2. The third-order valence-electron chi connectivity index (χ3n) is 7.59. The fraction of sp³-hybridized carbons (Fsp3) is 0.500. The van der Waals surface area contributed by atoms with Gasteiger partial charge in [-0.1, -0.05) is 6.42 Å². The molecule has 0 bridgehead atoms. The molecule has 2 amide bonds. The number of rotatable bonds is 5. The van der Waals surface area contributed by atoms with E-state index in [9.17, 15) is 18.0 Å². The van der Waals surface area contributed by atoms with Gasteiger partial charge in [-0.05, 0) is 87.4 Å². The predicted molar refractivity (Wildman–Crippen MR) is 134 cm³/mol. The lowest BCUT2D eigenvalue weighted by Gasteiger charge is -2.32. The van der Waals surface area contributed by atoms with Crippen LogP contribution < -0.4 is 10.2 Å². The summed E-state index contributed by atoms with van der Waals surface area (Å²) in [5.74, 6) is 0.409. The van der Waals surface area contributed by atoms with Gasteiger partial charge in [0.15, 0.2) is 0 Å². The van der Waals surface area contributed by atoms with Gasteiger partial charge in [0.05, 0.1) is 4.90 Å². The summed E-state index contributed by atoms with van der Waals surface area (Å²) in [5, 5.41) is 2.85. The molecule has 1 atom stereocenters. The molecule has 1 saturated carbocycles. The Morgan fingerprint density at radius 2 is 1.77 bits per heavy atom. The lowest BCUT2D eigenvalue weighted by Crippen LogP contribution is -2.42. The number of fused-ring (bicyclic) bond motifs is 1. The molecular formula is C26H32N4O4S. The van der Waals surface area contributed by atoms with Crippen LogP contribution >= 0.6 is 0 Å². The van der Waals surface area contributed by atoms with Gasteiger partial charge in [0.1, 0.15) is 5.82 Å². The maximum Gasteiger partial charge on any atom is 0.243 e. The van der Waals surface area contributed by atoms with Crippen LogP contribution in [0.3, 0.4) is 0 Å². The van der Waals surface area contributed by atoms with Crippen molar-refractivity contribution in [3.05, 3.63) is 47.7 Å². The Morgan fingerprint density at radius 1 is 1.03 bits per heavy atom. The van der Waals surface area contributed by atoms with Crippen molar-refractivity contribution in [2.45, 2.75) is 63.3 Å². The quantitative estimate of drug-likeness (QED) is 0.683. The number of aryl methyl sites for hydroxylation is 1. The maximum absolute atomic E-state index is 13.4. The van der Waals surface area contributed by atoms with Crippen LogP contribution in [0, 0.1) is 18.8 Å². The summed E-state index contributed by atoms with van der Waals surface area (Å²) >= 11 is 0. The first-order valence-electron chi connectivity index (χ1n) is 12.4. The monoisotopic (exact) mass is 496 g/mol. The summed E-state index contributed by atoms with van der Waals surface area (Å²) in [5.41, 5.74) is 2.76. The number of carbonyl (C=O) groups is 2. The number of nitrogens with zero attached hydrogens (tertiary/aromatic N) is 3. The highest BCUT2D eigenvalue weighted by molar-refractivity contribution is 7.89. The Labute approximate surface area is 206 Å². The molecule has 1 N–H and O–H groups in total. The minimum Gasteiger partial charge on any atom is -0.310 e. The number of sulfonamides is 1. The largest absolute Gasteiger partial charge is 0.310 e. The van der Waals surface area contributed by atoms with E-state index in [0.29, 0.717) is 38.2 Å². The Kier molecular flexibility index (Phi) is 6.40. The highest BCUT2D eigenvalue weighted by Crippen LogP contribution is 2.38. The molecule has 1 aromatic carbocycles. The van der Waals surface area contributed by atoms with Crippen LogP contribution in [0.4, 0.5) is 11.5 Å². The van der Waals surface area contributed by atoms with Crippen molar-refractivity contribution in [3.63, 3.8) is 0 Å². The summed E-state index contributed by atoms with van der Waals surface area (Å²) in [6.45, 7) is 4.54. The maximum atomic E-state index is 13.4. The lowest BCUT2D eigenvalue weighted by atomic mass is 9.84. The van der Waals surface area contributed by atoms with Crippen LogP contribution in [0.1, 0.15) is 50.2 Å². The van der Waals surface area contributed by atoms with E-state index in [2.05, 4.69) is 10.3 Å². The standard InChI is InChI=1S/C26H32N4O4S/c1-17-8-11-27-24(14-17)28-25(31)19-9-12-29(13-10-19)35(33,34)22-6-7-23-21(16-22)15-18(2)30(23)26(32)20-4-3-5-20/h6-8,11,14,16,18-20H,3-5,9-10,12-13,15H2,1-2H3,(H,27,28,31)/t18-/m0/s1. The molecule has 3 heterocycles. The van der Waals surface area contributed by atoms with Gasteiger partial charge in [0.2, 0.25) is 21.8 Å². The molecule has 3 aliphatic rings. The fourth-order valence-corrected chi connectivity index (χ4v) is 6.82. The number of pyridine rings is 1. The first kappa shape index (κ1) is 23.9. The van der Waals surface area contributed by atoms with E-state index in [4.69, 9.17) is 0 Å². The van der Waals surface area contributed by atoms with Gasteiger partial charge < -0.3 is 10.2 Å². The topological polar surface area (TPSA) is 99.7 Å². The van der Waals surface area contributed by atoms with Gasteiger partial charge in [-0.2, -0.15) is 4.31 Å². The molecule has 0 unspecified atom stereocenters. The fourth-order valence-electron chi connectivity index (χ4n) is 5.30. The van der Waals surface area contributed by atoms with Gasteiger partial charge in [-0.25, -0.2) is 13.4 Å². The van der Waals surface area contributed by atoms with Crippen LogP contribution in [0.15, 0.2) is 41.4 Å². The average Bonchev–Trinajstić information content (AvgIpc) is 3.13. The molecule has 186 valence electrons. The number of nitrogens with one attached hydrogen (secondary N) is 1. The molecule has 5 rings (SSSR count). The van der Waals surface area contributed by atoms with E-state index < -0.39 is 10.0 Å². The first-order valence-corrected chi connectivity index (χ1v) is 13.9. The molecule has 1 aromatic heterocycles. The lowest BCUT2D eigenvalue weighted by molar-refractivity contribution is -0.125. The molecule has 2 aliphatic heterocycles. The van der Waals surface area contributed by atoms with Crippen molar-refractivity contribution in [1.82, 2.24) is 9.29 Å². The van der Waals surface area contributed by atoms with E-state index in [1.165, 1.54) is 4.31 Å². The van der Waals surface area contributed by atoms with Gasteiger partial charge in [0.25, 0.3) is 0 Å². The molecule has 9 heteroatoms. The van der Waals surface area contributed by atoms with Crippen molar-refractivity contribution < 1.29 is 18.0 Å². The van der Waals surface area contributed by atoms with Crippen molar-refractivity contribution in [2.24, 2.45) is 11.8 Å². The highest BCUT2D eigenvalue weighted by Gasteiger charge is 2.38. The van der Waals surface area contributed by atoms with Crippen molar-refractivity contribution in [3.8, 4) is 0 Å². The number of piperidine rings is 1. The Balaban J connectivity index is 1.25. The summed E-state index contributed by atoms with van der Waals surface area (Å²) in [6.07, 6.45) is 6.22. The molecule has 1 aliphatic carbocycles. The predicted octanol–water partition coefficient (Wildman–Crippen LogP) is 3.51. The van der Waals surface area contributed by atoms with E-state index in [-0.39, 0.29) is 34.6 Å². The smallest absolute Gasteiger partial charge is 0.243 e. The first-order chi connectivity index (χ1) is 16.7. The molecule has 0 spiro atoms. The molecule has 8 nitrogen and oxygen atoms in total. The number of benzene rings is 1. The molecule has 1 saturated heterocycles. The van der Waals surface area contributed by atoms with E-state index >= 15 is 0 Å². The summed E-state index contributed by atoms with van der Waals surface area (Å²) in [6, 6.07) is 8.85. The number of hydrogen-bond donors (Lipinski definition) is 1. The van der Waals surface area contributed by atoms with Crippen LogP contribution in [0.5, 0.6) is 0 Å². The minimum atomic E-state index is -3.68. The summed E-state index contributed by atoms with van der Waals surface area (Å²) in [7, 11) is -3.68. The molecular weight excluding hydrogens is 464 g/mol. The number of hydrogen-bond acceptors (Lipinski definition) is 5. The third kappa shape index (κ3) is 4.59. The van der Waals surface area contributed by atoms with Crippen molar-refractivity contribution in [2.75, 3.05) is 23.3 Å². The molecule has 0 radical (unpaired) electrons. The summed E-state index contributed by atoms with van der Waals surface area (Å²) < 4.78 is 28.2. The van der Waals surface area contributed by atoms with Crippen LogP contribution in [0.25, 0.3) is 0 Å². The van der Waals surface area contributed by atoms with Gasteiger partial charge >= 0.3 is 0 Å². The number of amides is 2. The van der Waals surface area contributed by atoms with Crippen LogP contribution in [-0.4, -0.2) is 48.7 Å². The van der Waals surface area contributed by atoms with Gasteiger partial charge in [-0.15, -0.1) is 0 Å². The summed E-state index contributed by atoms with van der Waals surface area (Å²) in [4.78, 5) is 31.9. The SMILES string of the molecule is Cc1ccnc(NC(=O)C2CCN(S(=O)(=O)c3ccc4c(c3)C[C@H](C)N4C(=O)C3CCC3)CC2)c1. The number of carbonyl (C=O) groups excluding carboxylic acids is 2. The van der Waals surface area contributed by atoms with E-state index in [0.717, 1.165) is 36.1 Å². The molecule has 35 heavy (non-hydrogen) atoms. The second-order valence-electron chi connectivity index (χ2n) is 10.1. The van der Waals surface area contributed by atoms with E-state index in [1.807, 2.05) is 30.9 Å². The van der Waals surface area contributed by atoms with Crippen molar-refractivity contribution in [1.29, 1.82) is 0 Å². The highest BCUT2D eigenvalue weighted by atomic mass is 32.2. The van der Waals surface area contributed by atoms with Gasteiger partial charge in [-0.3, -0.25) is 9.59 Å². The van der Waals surface area contributed by atoms with E-state index in [1.54, 1.807) is 24.4 Å². The van der Waals surface area contributed by atoms with Crippen LogP contribution in [0.2, 0.25) is 0 Å². The number of anilines is 2. The second-order valence-corrected chi connectivity index (χ2v) is 12.0. The van der Waals surface area contributed by atoms with Gasteiger partial charge in [0, 0.05) is 42.9 Å². The third-order valence-corrected chi connectivity index (χ3v) is 9.48. The zero-order chi connectivity index (χ0) is 24.7. The van der Waals surface area contributed by atoms with Crippen molar-refractivity contribution >= 4 is 33.3 Å². The number of aromatic nitrogens is 1. The Hall–Kier alpha value is -2.78. The Morgan fingerprint density at radius 3 is 2.43 bits per heavy atom. The Bertz CT molecular complexity index is 1250. The minimum absolute atomic E-state index is 0.0354.